The highest BCUT2D eigenvalue weighted by Gasteiger charge is 2.03. The van der Waals surface area contributed by atoms with Crippen molar-refractivity contribution < 1.29 is 13.2 Å². The lowest BCUT2D eigenvalue weighted by molar-refractivity contribution is 0.145. The smallest absolute Gasteiger partial charge is 0.250 e. The van der Waals surface area contributed by atoms with Gasteiger partial charge in [-0.2, -0.15) is 0 Å². The Labute approximate surface area is 80.9 Å². The summed E-state index contributed by atoms with van der Waals surface area (Å²) < 4.78 is 36.3. The summed E-state index contributed by atoms with van der Waals surface area (Å²) >= 11 is 0. The Morgan fingerprint density at radius 3 is 2.71 bits per heavy atom. The van der Waals surface area contributed by atoms with Crippen LogP contribution in [0.15, 0.2) is 18.2 Å². The van der Waals surface area contributed by atoms with Crippen LogP contribution >= 0.6 is 0 Å². The van der Waals surface area contributed by atoms with E-state index >= 15 is 0 Å². The molecule has 0 bridgehead atoms. The highest BCUT2D eigenvalue weighted by atomic mass is 19.3. The Kier molecular flexibility index (Phi) is 3.95. The Bertz CT molecular complexity index is 299. The molecule has 0 aliphatic rings. The van der Waals surface area contributed by atoms with E-state index in [0.717, 1.165) is 5.56 Å². The van der Waals surface area contributed by atoms with Crippen molar-refractivity contribution in [2.75, 3.05) is 6.54 Å². The summed E-state index contributed by atoms with van der Waals surface area (Å²) in [5.41, 5.74) is 1.61. The van der Waals surface area contributed by atoms with E-state index in [-0.39, 0.29) is 18.9 Å². The quantitative estimate of drug-likeness (QED) is 0.792. The van der Waals surface area contributed by atoms with Crippen molar-refractivity contribution in [1.82, 2.24) is 5.32 Å². The zero-order chi connectivity index (χ0) is 10.6. The molecule has 4 heteroatoms. The average Bonchev–Trinajstić information content (AvgIpc) is 2.10. The van der Waals surface area contributed by atoms with E-state index in [2.05, 4.69) is 5.32 Å². The molecule has 14 heavy (non-hydrogen) atoms. The number of rotatable bonds is 4. The molecular formula is C10H12F3N. The highest BCUT2D eigenvalue weighted by Crippen LogP contribution is 2.09. The number of alkyl halides is 2. The summed E-state index contributed by atoms with van der Waals surface area (Å²) in [4.78, 5) is 0. The third-order valence-corrected chi connectivity index (χ3v) is 1.93. The van der Waals surface area contributed by atoms with Crippen molar-refractivity contribution in [3.05, 3.63) is 35.1 Å². The molecule has 1 rings (SSSR count). The van der Waals surface area contributed by atoms with Gasteiger partial charge in [-0.25, -0.2) is 13.2 Å². The number of nitrogens with one attached hydrogen (secondary N) is 1. The molecule has 0 aliphatic heterocycles. The van der Waals surface area contributed by atoms with Gasteiger partial charge >= 0.3 is 0 Å². The molecule has 0 saturated heterocycles. The van der Waals surface area contributed by atoms with Gasteiger partial charge in [0.25, 0.3) is 6.43 Å². The summed E-state index contributed by atoms with van der Waals surface area (Å²) in [5.74, 6) is -0.343. The predicted molar refractivity (Wildman–Crippen MR) is 48.8 cm³/mol. The van der Waals surface area contributed by atoms with Crippen molar-refractivity contribution in [3.8, 4) is 0 Å². The van der Waals surface area contributed by atoms with E-state index < -0.39 is 6.43 Å². The van der Waals surface area contributed by atoms with E-state index in [4.69, 9.17) is 0 Å². The fourth-order valence-corrected chi connectivity index (χ4v) is 1.15. The molecule has 0 fully saturated rings. The van der Waals surface area contributed by atoms with Gasteiger partial charge in [0, 0.05) is 6.54 Å². The van der Waals surface area contributed by atoms with Crippen LogP contribution in [0.2, 0.25) is 0 Å². The molecule has 0 unspecified atom stereocenters. The van der Waals surface area contributed by atoms with Crippen molar-refractivity contribution in [1.29, 1.82) is 0 Å². The molecule has 1 N–H and O–H groups in total. The first-order valence-corrected chi connectivity index (χ1v) is 4.33. The molecule has 1 nitrogen and oxygen atoms in total. The molecule has 1 aromatic rings. The number of benzene rings is 1. The summed E-state index contributed by atoms with van der Waals surface area (Å²) in [6.07, 6.45) is -2.37. The van der Waals surface area contributed by atoms with Crippen LogP contribution in [0.5, 0.6) is 0 Å². The fraction of sp³-hybridized carbons (Fsp3) is 0.400. The first-order valence-electron chi connectivity index (χ1n) is 4.33. The Hall–Kier alpha value is -1.03. The minimum absolute atomic E-state index is 0.272. The Morgan fingerprint density at radius 1 is 1.36 bits per heavy atom. The maximum atomic E-state index is 12.8. The van der Waals surface area contributed by atoms with Crippen LogP contribution in [0.4, 0.5) is 13.2 Å². The Balaban J connectivity index is 2.53. The van der Waals surface area contributed by atoms with E-state index in [1.165, 1.54) is 12.1 Å². The summed E-state index contributed by atoms with van der Waals surface area (Å²) in [6, 6.07) is 4.34. The molecule has 0 atom stereocenters. The molecule has 0 radical (unpaired) electrons. The van der Waals surface area contributed by atoms with E-state index in [0.29, 0.717) is 5.56 Å². The second-order valence-electron chi connectivity index (χ2n) is 3.09. The average molecular weight is 203 g/mol. The molecule has 0 spiro atoms. The van der Waals surface area contributed by atoms with Gasteiger partial charge in [0.05, 0.1) is 6.54 Å². The summed E-state index contributed by atoms with van der Waals surface area (Å²) in [5, 5.41) is 2.55. The molecule has 78 valence electrons. The first kappa shape index (κ1) is 11.0. The number of hydrogen-bond acceptors (Lipinski definition) is 1. The third-order valence-electron chi connectivity index (χ3n) is 1.93. The third kappa shape index (κ3) is 3.38. The minimum Gasteiger partial charge on any atom is -0.307 e. The Morgan fingerprint density at radius 2 is 2.07 bits per heavy atom. The van der Waals surface area contributed by atoms with Crippen molar-refractivity contribution >= 4 is 0 Å². The molecule has 1 aromatic carbocycles. The minimum atomic E-state index is -2.37. The van der Waals surface area contributed by atoms with Crippen molar-refractivity contribution in [3.63, 3.8) is 0 Å². The number of aryl methyl sites for hydroxylation is 1. The van der Waals surface area contributed by atoms with Crippen LogP contribution in [-0.2, 0) is 6.54 Å². The van der Waals surface area contributed by atoms with Crippen molar-refractivity contribution in [2.24, 2.45) is 0 Å². The first-order chi connectivity index (χ1) is 6.59. The van der Waals surface area contributed by atoms with E-state index in [9.17, 15) is 13.2 Å². The summed E-state index contributed by atoms with van der Waals surface area (Å²) in [6.45, 7) is 1.72. The fourth-order valence-electron chi connectivity index (χ4n) is 1.15. The monoisotopic (exact) mass is 203 g/mol. The van der Waals surface area contributed by atoms with Crippen LogP contribution in [0.1, 0.15) is 11.1 Å². The van der Waals surface area contributed by atoms with Crippen LogP contribution in [0.3, 0.4) is 0 Å². The SMILES string of the molecule is Cc1ccc(F)cc1CNCC(F)F. The standard InChI is InChI=1S/C10H12F3N/c1-7-2-3-9(11)4-8(7)5-14-6-10(12)13/h2-4,10,14H,5-6H2,1H3. The molecule has 0 saturated carbocycles. The highest BCUT2D eigenvalue weighted by molar-refractivity contribution is 5.26. The molecular weight excluding hydrogens is 191 g/mol. The second kappa shape index (κ2) is 5.00. The predicted octanol–water partition coefficient (Wildman–Crippen LogP) is 2.49. The number of halogens is 3. The lowest BCUT2D eigenvalue weighted by atomic mass is 10.1. The maximum Gasteiger partial charge on any atom is 0.250 e. The van der Waals surface area contributed by atoms with Crippen molar-refractivity contribution in [2.45, 2.75) is 19.9 Å². The van der Waals surface area contributed by atoms with Gasteiger partial charge in [0.2, 0.25) is 0 Å². The zero-order valence-electron chi connectivity index (χ0n) is 7.86. The maximum absolute atomic E-state index is 12.8. The van der Waals surface area contributed by atoms with Gasteiger partial charge in [-0.05, 0) is 30.2 Å². The van der Waals surface area contributed by atoms with Gasteiger partial charge in [0.15, 0.2) is 0 Å². The number of hydrogen-bond donors (Lipinski definition) is 1. The molecule has 0 amide bonds. The van der Waals surface area contributed by atoms with Crippen LogP contribution in [0.25, 0.3) is 0 Å². The lowest BCUT2D eigenvalue weighted by Crippen LogP contribution is -2.21. The zero-order valence-corrected chi connectivity index (χ0v) is 7.86. The lowest BCUT2D eigenvalue weighted by Gasteiger charge is -2.07. The van der Waals surface area contributed by atoms with E-state index in [1.54, 1.807) is 6.07 Å². The molecule has 0 heterocycles. The summed E-state index contributed by atoms with van der Waals surface area (Å²) in [7, 11) is 0. The van der Waals surface area contributed by atoms with Gasteiger partial charge in [-0.1, -0.05) is 6.07 Å². The largest absolute Gasteiger partial charge is 0.307 e. The van der Waals surface area contributed by atoms with Gasteiger partial charge in [-0.3, -0.25) is 0 Å². The topological polar surface area (TPSA) is 12.0 Å². The van der Waals surface area contributed by atoms with Gasteiger partial charge in [0.1, 0.15) is 5.82 Å². The molecule has 0 aromatic heterocycles. The molecule has 0 aliphatic carbocycles. The van der Waals surface area contributed by atoms with Gasteiger partial charge in [-0.15, -0.1) is 0 Å². The van der Waals surface area contributed by atoms with Crippen LogP contribution < -0.4 is 5.32 Å². The van der Waals surface area contributed by atoms with Crippen LogP contribution in [-0.4, -0.2) is 13.0 Å². The van der Waals surface area contributed by atoms with Gasteiger partial charge < -0.3 is 5.32 Å². The van der Waals surface area contributed by atoms with Crippen LogP contribution in [0, 0.1) is 12.7 Å². The normalized spacial score (nSPS) is 10.9. The second-order valence-corrected chi connectivity index (χ2v) is 3.09. The van der Waals surface area contributed by atoms with E-state index in [1.807, 2.05) is 6.92 Å².